The quantitative estimate of drug-likeness (QED) is 0.871. The molecule has 0 aromatic carbocycles. The van der Waals surface area contributed by atoms with Crippen LogP contribution >= 0.6 is 11.3 Å². The lowest BCUT2D eigenvalue weighted by Crippen LogP contribution is -2.35. The van der Waals surface area contributed by atoms with E-state index in [0.29, 0.717) is 16.5 Å². The number of ether oxygens (including phenoxy) is 1. The van der Waals surface area contributed by atoms with Crippen LogP contribution in [0.25, 0.3) is 0 Å². The van der Waals surface area contributed by atoms with E-state index in [-0.39, 0.29) is 5.91 Å². The first-order valence-electron chi connectivity index (χ1n) is 7.06. The van der Waals surface area contributed by atoms with E-state index >= 15 is 0 Å². The summed E-state index contributed by atoms with van der Waals surface area (Å²) in [5, 5.41) is 1.89. The van der Waals surface area contributed by atoms with Crippen LogP contribution in [0.5, 0.6) is 5.75 Å². The van der Waals surface area contributed by atoms with Crippen molar-refractivity contribution in [3.05, 3.63) is 34.5 Å². The molecule has 0 saturated carbocycles. The second kappa shape index (κ2) is 5.89. The topological polar surface area (TPSA) is 47.4 Å². The van der Waals surface area contributed by atoms with Crippen molar-refractivity contribution in [3.8, 4) is 5.75 Å². The Labute approximate surface area is 128 Å². The van der Waals surface area contributed by atoms with Gasteiger partial charge in [-0.1, -0.05) is 0 Å². The zero-order chi connectivity index (χ0) is 14.8. The summed E-state index contributed by atoms with van der Waals surface area (Å²) in [6.45, 7) is 1.70. The highest BCUT2D eigenvalue weighted by molar-refractivity contribution is 7.12. The highest BCUT2D eigenvalue weighted by Crippen LogP contribution is 2.26. The first-order chi connectivity index (χ1) is 10.2. The Kier molecular flexibility index (Phi) is 3.96. The molecule has 0 bridgehead atoms. The third-order valence-electron chi connectivity index (χ3n) is 3.95. The monoisotopic (exact) mass is 305 g/mol. The molecule has 0 spiro atoms. The first-order valence-corrected chi connectivity index (χ1v) is 7.94. The van der Waals surface area contributed by atoms with Crippen molar-refractivity contribution in [2.45, 2.75) is 19.4 Å². The number of hydrogen-bond donors (Lipinski definition) is 0. The Morgan fingerprint density at radius 1 is 1.62 bits per heavy atom. The fourth-order valence-corrected chi connectivity index (χ4v) is 3.70. The van der Waals surface area contributed by atoms with Crippen molar-refractivity contribution >= 4 is 17.2 Å². The standard InChI is InChI=1S/C15H19N3O2S/c1-17(15(19)14-12(20-2)5-8-21-14)9-11-3-4-13-16-6-7-18(13)10-11/h5-8,11H,3-4,9-10H2,1-2H3/t11-/m1/s1. The largest absolute Gasteiger partial charge is 0.495 e. The number of thiophene rings is 1. The van der Waals surface area contributed by atoms with Gasteiger partial charge in [0.05, 0.1) is 7.11 Å². The average molecular weight is 305 g/mol. The molecule has 3 rings (SSSR count). The number of aryl methyl sites for hydroxylation is 1. The second-order valence-corrected chi connectivity index (χ2v) is 6.32. The van der Waals surface area contributed by atoms with Crippen LogP contribution in [-0.2, 0) is 13.0 Å². The Balaban J connectivity index is 1.64. The molecule has 2 aromatic heterocycles. The van der Waals surface area contributed by atoms with E-state index in [0.717, 1.165) is 31.8 Å². The van der Waals surface area contributed by atoms with Gasteiger partial charge in [-0.05, 0) is 23.8 Å². The lowest BCUT2D eigenvalue weighted by Gasteiger charge is -2.28. The molecule has 5 nitrogen and oxygen atoms in total. The molecule has 0 radical (unpaired) electrons. The number of carbonyl (C=O) groups excluding carboxylic acids is 1. The molecule has 1 aliphatic rings. The van der Waals surface area contributed by atoms with Crippen molar-refractivity contribution in [2.24, 2.45) is 5.92 Å². The molecular weight excluding hydrogens is 286 g/mol. The van der Waals surface area contributed by atoms with E-state index in [1.54, 1.807) is 12.0 Å². The van der Waals surface area contributed by atoms with Gasteiger partial charge in [-0.3, -0.25) is 4.79 Å². The van der Waals surface area contributed by atoms with Crippen LogP contribution in [0, 0.1) is 5.92 Å². The third-order valence-corrected chi connectivity index (χ3v) is 4.84. The van der Waals surface area contributed by atoms with Crippen molar-refractivity contribution in [1.29, 1.82) is 0 Å². The minimum atomic E-state index is 0.0401. The zero-order valence-corrected chi connectivity index (χ0v) is 13.1. The molecule has 1 aliphatic heterocycles. The van der Waals surface area contributed by atoms with E-state index in [9.17, 15) is 4.79 Å². The van der Waals surface area contributed by atoms with Crippen LogP contribution in [-0.4, -0.2) is 41.1 Å². The third kappa shape index (κ3) is 2.81. The summed E-state index contributed by atoms with van der Waals surface area (Å²) in [5.41, 5.74) is 0. The van der Waals surface area contributed by atoms with Gasteiger partial charge in [-0.2, -0.15) is 0 Å². The van der Waals surface area contributed by atoms with Crippen molar-refractivity contribution in [3.63, 3.8) is 0 Å². The summed E-state index contributed by atoms with van der Waals surface area (Å²) in [4.78, 5) is 19.3. The van der Waals surface area contributed by atoms with Crippen molar-refractivity contribution in [2.75, 3.05) is 20.7 Å². The lowest BCUT2D eigenvalue weighted by molar-refractivity contribution is 0.0762. The van der Waals surface area contributed by atoms with E-state index in [4.69, 9.17) is 4.74 Å². The zero-order valence-electron chi connectivity index (χ0n) is 12.3. The molecular formula is C15H19N3O2S. The predicted molar refractivity (Wildman–Crippen MR) is 81.9 cm³/mol. The van der Waals surface area contributed by atoms with Gasteiger partial charge < -0.3 is 14.2 Å². The Bertz CT molecular complexity index is 634. The van der Waals surface area contributed by atoms with Gasteiger partial charge >= 0.3 is 0 Å². The number of aromatic nitrogens is 2. The SMILES string of the molecule is COc1ccsc1C(=O)N(C)C[C@H]1CCc2nccn2C1. The maximum Gasteiger partial charge on any atom is 0.267 e. The second-order valence-electron chi connectivity index (χ2n) is 5.40. The number of fused-ring (bicyclic) bond motifs is 1. The van der Waals surface area contributed by atoms with E-state index < -0.39 is 0 Å². The number of nitrogens with zero attached hydrogens (tertiary/aromatic N) is 3. The van der Waals surface area contributed by atoms with Gasteiger partial charge in [0.1, 0.15) is 16.5 Å². The highest BCUT2D eigenvalue weighted by Gasteiger charge is 2.24. The minimum Gasteiger partial charge on any atom is -0.495 e. The molecule has 0 aliphatic carbocycles. The molecule has 0 N–H and O–H groups in total. The summed E-state index contributed by atoms with van der Waals surface area (Å²) in [6, 6.07) is 1.84. The molecule has 21 heavy (non-hydrogen) atoms. The number of amides is 1. The van der Waals surface area contributed by atoms with Crippen LogP contribution in [0.15, 0.2) is 23.8 Å². The van der Waals surface area contributed by atoms with E-state index in [1.807, 2.05) is 30.9 Å². The minimum absolute atomic E-state index is 0.0401. The van der Waals surface area contributed by atoms with Gasteiger partial charge in [0.2, 0.25) is 0 Å². The Morgan fingerprint density at radius 3 is 3.29 bits per heavy atom. The Morgan fingerprint density at radius 2 is 2.48 bits per heavy atom. The van der Waals surface area contributed by atoms with Crippen LogP contribution in [0.1, 0.15) is 21.9 Å². The molecule has 0 fully saturated rings. The summed E-state index contributed by atoms with van der Waals surface area (Å²) in [5.74, 6) is 2.34. The fraction of sp³-hybridized carbons (Fsp3) is 0.467. The van der Waals surface area contributed by atoms with Gasteiger partial charge in [0.15, 0.2) is 0 Å². The lowest BCUT2D eigenvalue weighted by atomic mass is 9.99. The maximum absolute atomic E-state index is 12.5. The van der Waals surface area contributed by atoms with E-state index in [1.165, 1.54) is 11.3 Å². The number of carbonyl (C=O) groups is 1. The van der Waals surface area contributed by atoms with Crippen LogP contribution in [0.3, 0.4) is 0 Å². The number of hydrogen-bond acceptors (Lipinski definition) is 4. The summed E-state index contributed by atoms with van der Waals surface area (Å²) in [7, 11) is 3.46. The molecule has 3 heterocycles. The molecule has 0 unspecified atom stereocenters. The first kappa shape index (κ1) is 14.1. The van der Waals surface area contributed by atoms with Crippen LogP contribution < -0.4 is 4.74 Å². The normalized spacial score (nSPS) is 17.3. The smallest absolute Gasteiger partial charge is 0.267 e. The molecule has 2 aromatic rings. The Hall–Kier alpha value is -1.82. The van der Waals surface area contributed by atoms with Gasteiger partial charge in [0, 0.05) is 39.0 Å². The van der Waals surface area contributed by atoms with Crippen LogP contribution in [0.4, 0.5) is 0 Å². The van der Waals surface area contributed by atoms with Crippen LogP contribution in [0.2, 0.25) is 0 Å². The van der Waals surface area contributed by atoms with Crippen molar-refractivity contribution in [1.82, 2.24) is 14.5 Å². The average Bonchev–Trinajstić information content (AvgIpc) is 3.14. The number of imidazole rings is 1. The molecule has 6 heteroatoms. The fourth-order valence-electron chi connectivity index (χ4n) is 2.84. The summed E-state index contributed by atoms with van der Waals surface area (Å²) in [6.07, 6.45) is 5.94. The summed E-state index contributed by atoms with van der Waals surface area (Å²) < 4.78 is 7.43. The number of rotatable bonds is 4. The molecule has 112 valence electrons. The molecule has 0 saturated heterocycles. The number of methoxy groups -OCH3 is 1. The molecule has 1 amide bonds. The van der Waals surface area contributed by atoms with Gasteiger partial charge in [-0.25, -0.2) is 4.98 Å². The van der Waals surface area contributed by atoms with Gasteiger partial charge in [0.25, 0.3) is 5.91 Å². The summed E-state index contributed by atoms with van der Waals surface area (Å²) >= 11 is 1.43. The van der Waals surface area contributed by atoms with E-state index in [2.05, 4.69) is 9.55 Å². The highest BCUT2D eigenvalue weighted by atomic mass is 32.1. The van der Waals surface area contributed by atoms with Gasteiger partial charge in [-0.15, -0.1) is 11.3 Å². The van der Waals surface area contributed by atoms with Crippen molar-refractivity contribution < 1.29 is 9.53 Å². The maximum atomic E-state index is 12.5. The molecule has 1 atom stereocenters. The predicted octanol–water partition coefficient (Wildman–Crippen LogP) is 2.29.